The van der Waals surface area contributed by atoms with Crippen LogP contribution in [-0.2, 0) is 11.3 Å². The van der Waals surface area contributed by atoms with Gasteiger partial charge < -0.3 is 15.2 Å². The zero-order chi connectivity index (χ0) is 15.9. The number of carbonyl (C=O) groups is 1. The number of methoxy groups -OCH3 is 1. The summed E-state index contributed by atoms with van der Waals surface area (Å²) in [4.78, 5) is 11.9. The molecule has 2 N–H and O–H groups in total. The molecule has 2 aromatic rings. The van der Waals surface area contributed by atoms with Crippen molar-refractivity contribution in [1.82, 2.24) is 5.32 Å². The van der Waals surface area contributed by atoms with E-state index in [1.165, 1.54) is 0 Å². The molecule has 0 aliphatic rings. The third kappa shape index (κ3) is 4.48. The summed E-state index contributed by atoms with van der Waals surface area (Å²) in [6, 6.07) is 14.3. The van der Waals surface area contributed by atoms with Gasteiger partial charge in [-0.2, -0.15) is 0 Å². The molecule has 0 saturated heterocycles. The molecule has 0 aliphatic carbocycles. The lowest BCUT2D eigenvalue weighted by Crippen LogP contribution is -2.24. The van der Waals surface area contributed by atoms with Gasteiger partial charge in [0.15, 0.2) is 0 Å². The van der Waals surface area contributed by atoms with Crippen LogP contribution < -0.4 is 10.1 Å². The van der Waals surface area contributed by atoms with Crippen LogP contribution in [0, 0.1) is 0 Å². The van der Waals surface area contributed by atoms with Crippen LogP contribution in [0.15, 0.2) is 48.5 Å². The minimum atomic E-state index is -0.852. The third-order valence-electron chi connectivity index (χ3n) is 3.30. The lowest BCUT2D eigenvalue weighted by Gasteiger charge is -2.12. The maximum atomic E-state index is 11.9. The molecule has 0 radical (unpaired) electrons. The molecule has 0 aliphatic heterocycles. The summed E-state index contributed by atoms with van der Waals surface area (Å²) in [6.07, 6.45) is -0.855. The van der Waals surface area contributed by atoms with Gasteiger partial charge in [0.05, 0.1) is 19.6 Å². The highest BCUT2D eigenvalue weighted by Gasteiger charge is 2.13. The van der Waals surface area contributed by atoms with Crippen LogP contribution in [-0.4, -0.2) is 18.1 Å². The van der Waals surface area contributed by atoms with Crippen molar-refractivity contribution in [2.24, 2.45) is 0 Å². The number of amides is 1. The molecule has 1 amide bonds. The molecule has 0 aromatic heterocycles. The molecule has 1 atom stereocenters. The first kappa shape index (κ1) is 16.3. The van der Waals surface area contributed by atoms with E-state index in [4.69, 9.17) is 16.3 Å². The Morgan fingerprint density at radius 3 is 2.59 bits per heavy atom. The second-order valence-corrected chi connectivity index (χ2v) is 5.30. The van der Waals surface area contributed by atoms with E-state index >= 15 is 0 Å². The van der Waals surface area contributed by atoms with Gasteiger partial charge in [0, 0.05) is 17.1 Å². The molecule has 0 heterocycles. The third-order valence-corrected chi connectivity index (χ3v) is 3.55. The molecule has 2 aromatic carbocycles. The number of carbonyl (C=O) groups excluding carboxylic acids is 1. The first-order chi connectivity index (χ1) is 10.6. The van der Waals surface area contributed by atoms with E-state index in [1.54, 1.807) is 31.4 Å². The molecule has 0 spiro atoms. The van der Waals surface area contributed by atoms with Gasteiger partial charge in [-0.25, -0.2) is 0 Å². The van der Waals surface area contributed by atoms with E-state index in [0.29, 0.717) is 17.1 Å². The van der Waals surface area contributed by atoms with E-state index in [0.717, 1.165) is 11.3 Å². The highest BCUT2D eigenvalue weighted by atomic mass is 35.5. The summed E-state index contributed by atoms with van der Waals surface area (Å²) in [5.74, 6) is 0.495. The Morgan fingerprint density at radius 1 is 1.23 bits per heavy atom. The van der Waals surface area contributed by atoms with Gasteiger partial charge in [0.1, 0.15) is 5.75 Å². The van der Waals surface area contributed by atoms with Crippen molar-refractivity contribution in [3.63, 3.8) is 0 Å². The molecule has 22 heavy (non-hydrogen) atoms. The highest BCUT2D eigenvalue weighted by Crippen LogP contribution is 2.20. The number of hydrogen-bond donors (Lipinski definition) is 2. The number of benzene rings is 2. The summed E-state index contributed by atoms with van der Waals surface area (Å²) in [6.45, 7) is 0.357. The fourth-order valence-corrected chi connectivity index (χ4v) is 2.22. The van der Waals surface area contributed by atoms with Crippen LogP contribution >= 0.6 is 11.6 Å². The van der Waals surface area contributed by atoms with Gasteiger partial charge in [0.25, 0.3) is 0 Å². The van der Waals surface area contributed by atoms with Crippen LogP contribution in [0.5, 0.6) is 5.75 Å². The van der Waals surface area contributed by atoms with Crippen molar-refractivity contribution in [3.05, 3.63) is 64.7 Å². The monoisotopic (exact) mass is 319 g/mol. The van der Waals surface area contributed by atoms with Crippen molar-refractivity contribution in [1.29, 1.82) is 0 Å². The summed E-state index contributed by atoms with van der Waals surface area (Å²) < 4.78 is 5.23. The van der Waals surface area contributed by atoms with Crippen LogP contribution in [0.25, 0.3) is 0 Å². The van der Waals surface area contributed by atoms with E-state index in [2.05, 4.69) is 5.32 Å². The number of nitrogens with one attached hydrogen (secondary N) is 1. The Morgan fingerprint density at radius 2 is 1.91 bits per heavy atom. The molecule has 0 saturated carbocycles. The lowest BCUT2D eigenvalue weighted by molar-refractivity contribution is -0.123. The molecular formula is C17H18ClNO3. The van der Waals surface area contributed by atoms with Crippen LogP contribution in [0.1, 0.15) is 23.7 Å². The van der Waals surface area contributed by atoms with Crippen LogP contribution in [0.2, 0.25) is 5.02 Å². The molecule has 5 heteroatoms. The first-order valence-electron chi connectivity index (χ1n) is 6.92. The fraction of sp³-hybridized carbons (Fsp3) is 0.235. The van der Waals surface area contributed by atoms with Crippen molar-refractivity contribution in [2.75, 3.05) is 7.11 Å². The van der Waals surface area contributed by atoms with Crippen molar-refractivity contribution < 1.29 is 14.6 Å². The van der Waals surface area contributed by atoms with Gasteiger partial charge >= 0.3 is 0 Å². The Bertz CT molecular complexity index is 628. The quantitative estimate of drug-likeness (QED) is 0.860. The number of hydrogen-bond acceptors (Lipinski definition) is 3. The summed E-state index contributed by atoms with van der Waals surface area (Å²) >= 11 is 5.80. The number of aliphatic hydroxyl groups is 1. The van der Waals surface area contributed by atoms with E-state index in [9.17, 15) is 9.90 Å². The maximum absolute atomic E-state index is 11.9. The van der Waals surface area contributed by atoms with Crippen molar-refractivity contribution in [3.8, 4) is 5.75 Å². The molecule has 2 rings (SSSR count). The maximum Gasteiger partial charge on any atom is 0.223 e. The number of ether oxygens (including phenoxy) is 1. The minimum absolute atomic E-state index is 0.00319. The predicted molar refractivity (Wildman–Crippen MR) is 85.9 cm³/mol. The first-order valence-corrected chi connectivity index (χ1v) is 7.30. The predicted octanol–water partition coefficient (Wildman–Crippen LogP) is 3.09. The molecule has 0 bridgehead atoms. The second-order valence-electron chi connectivity index (χ2n) is 4.86. The molecule has 0 fully saturated rings. The van der Waals surface area contributed by atoms with Crippen molar-refractivity contribution in [2.45, 2.75) is 19.1 Å². The van der Waals surface area contributed by atoms with Crippen LogP contribution in [0.4, 0.5) is 0 Å². The molecular weight excluding hydrogens is 302 g/mol. The van der Waals surface area contributed by atoms with E-state index in [1.807, 2.05) is 24.3 Å². The Kier molecular flexibility index (Phi) is 5.81. The largest absolute Gasteiger partial charge is 0.496 e. The van der Waals surface area contributed by atoms with Gasteiger partial charge in [-0.1, -0.05) is 41.9 Å². The number of aliphatic hydroxyl groups excluding tert-OH is 1. The van der Waals surface area contributed by atoms with E-state index < -0.39 is 6.10 Å². The van der Waals surface area contributed by atoms with Crippen LogP contribution in [0.3, 0.4) is 0 Å². The molecule has 4 nitrogen and oxygen atoms in total. The topological polar surface area (TPSA) is 58.6 Å². The Hall–Kier alpha value is -2.04. The van der Waals surface area contributed by atoms with Gasteiger partial charge in [-0.15, -0.1) is 0 Å². The molecule has 116 valence electrons. The number of halogens is 1. The number of rotatable bonds is 6. The van der Waals surface area contributed by atoms with Crippen molar-refractivity contribution >= 4 is 17.5 Å². The highest BCUT2D eigenvalue weighted by molar-refractivity contribution is 6.30. The van der Waals surface area contributed by atoms with Gasteiger partial charge in [-0.3, -0.25) is 4.79 Å². The zero-order valence-electron chi connectivity index (χ0n) is 12.3. The average Bonchev–Trinajstić information content (AvgIpc) is 2.53. The second kappa shape index (κ2) is 7.82. The lowest BCUT2D eigenvalue weighted by atomic mass is 10.1. The normalized spacial score (nSPS) is 11.8. The average molecular weight is 320 g/mol. The SMILES string of the molecule is COc1ccccc1CNC(=O)CC(O)c1ccc(Cl)cc1. The zero-order valence-corrected chi connectivity index (χ0v) is 13.0. The molecule has 1 unspecified atom stereocenters. The fourth-order valence-electron chi connectivity index (χ4n) is 2.09. The smallest absolute Gasteiger partial charge is 0.223 e. The summed E-state index contributed by atoms with van der Waals surface area (Å²) in [5, 5.41) is 13.4. The summed E-state index contributed by atoms with van der Waals surface area (Å²) in [5.41, 5.74) is 1.55. The standard InChI is InChI=1S/C17H18ClNO3/c1-22-16-5-3-2-4-13(16)11-19-17(21)10-15(20)12-6-8-14(18)9-7-12/h2-9,15,20H,10-11H2,1H3,(H,19,21). The number of para-hydroxylation sites is 1. The van der Waals surface area contributed by atoms with Gasteiger partial charge in [-0.05, 0) is 23.8 Å². The Labute approximate surface area is 134 Å². The van der Waals surface area contributed by atoms with E-state index in [-0.39, 0.29) is 12.3 Å². The van der Waals surface area contributed by atoms with Gasteiger partial charge in [0.2, 0.25) is 5.91 Å². The summed E-state index contributed by atoms with van der Waals surface area (Å²) in [7, 11) is 1.59. The minimum Gasteiger partial charge on any atom is -0.496 e. The Balaban J connectivity index is 1.88.